The Morgan fingerprint density at radius 3 is 2.38 bits per heavy atom. The number of hydrogen-bond acceptors (Lipinski definition) is 4. The van der Waals surface area contributed by atoms with Crippen molar-refractivity contribution in [3.05, 3.63) is 35.4 Å². The van der Waals surface area contributed by atoms with Crippen molar-refractivity contribution in [1.29, 1.82) is 0 Å². The molecule has 0 aromatic heterocycles. The molecule has 1 aromatic carbocycles. The zero-order valence-electron chi connectivity index (χ0n) is 12.6. The summed E-state index contributed by atoms with van der Waals surface area (Å²) in [6, 6.07) is 6.81. The largest absolute Gasteiger partial charge is 0.444 e. The van der Waals surface area contributed by atoms with Crippen molar-refractivity contribution in [2.24, 2.45) is 0 Å². The molecule has 0 saturated heterocycles. The molecule has 6 nitrogen and oxygen atoms in total. The van der Waals surface area contributed by atoms with Gasteiger partial charge in [0.05, 0.1) is 6.61 Å². The molecular weight excluding hydrogens is 272 g/mol. The number of nitrogens with one attached hydrogen (secondary N) is 2. The van der Waals surface area contributed by atoms with Gasteiger partial charge in [-0.15, -0.1) is 0 Å². The fourth-order valence-corrected chi connectivity index (χ4v) is 1.63. The van der Waals surface area contributed by atoms with Crippen molar-refractivity contribution in [3.8, 4) is 0 Å². The molecule has 0 heterocycles. The summed E-state index contributed by atoms with van der Waals surface area (Å²) < 4.78 is 5.07. The highest BCUT2D eigenvalue weighted by Gasteiger charge is 2.15. The Hall–Kier alpha value is -2.08. The third-order valence-electron chi connectivity index (χ3n) is 2.51. The number of carbonyl (C=O) groups excluding carboxylic acids is 2. The van der Waals surface area contributed by atoms with Crippen LogP contribution in [-0.2, 0) is 11.3 Å². The van der Waals surface area contributed by atoms with Gasteiger partial charge in [-0.25, -0.2) is 4.79 Å². The normalized spacial score (nSPS) is 10.9. The van der Waals surface area contributed by atoms with E-state index in [1.54, 1.807) is 45.0 Å². The molecule has 1 aromatic rings. The lowest BCUT2D eigenvalue weighted by molar-refractivity contribution is 0.0526. The molecule has 0 saturated carbocycles. The van der Waals surface area contributed by atoms with E-state index in [2.05, 4.69) is 10.6 Å². The van der Waals surface area contributed by atoms with Gasteiger partial charge < -0.3 is 20.5 Å². The minimum absolute atomic E-state index is 0.195. The lowest BCUT2D eigenvalue weighted by Gasteiger charge is -2.19. The monoisotopic (exact) mass is 294 g/mol. The minimum Gasteiger partial charge on any atom is -0.444 e. The highest BCUT2D eigenvalue weighted by molar-refractivity contribution is 5.95. The van der Waals surface area contributed by atoms with Crippen LogP contribution in [0.3, 0.4) is 0 Å². The smallest absolute Gasteiger partial charge is 0.407 e. The third-order valence-corrected chi connectivity index (χ3v) is 2.51. The van der Waals surface area contributed by atoms with E-state index in [4.69, 9.17) is 9.84 Å². The summed E-state index contributed by atoms with van der Waals surface area (Å²) in [5.41, 5.74) is 0.445. The van der Waals surface area contributed by atoms with Gasteiger partial charge in [0.1, 0.15) is 5.60 Å². The van der Waals surface area contributed by atoms with Gasteiger partial charge in [-0.3, -0.25) is 4.79 Å². The molecule has 0 fully saturated rings. The van der Waals surface area contributed by atoms with E-state index < -0.39 is 11.7 Å². The predicted octanol–water partition coefficient (Wildman–Crippen LogP) is 1.43. The molecule has 116 valence electrons. The maximum absolute atomic E-state index is 11.9. The standard InChI is InChI=1S/C15H22N2O4/c1-15(2,3)21-14(20)17-9-8-16-13(19)12-7-5-4-6-11(12)10-18/h4-7,18H,8-10H2,1-3H3,(H,16,19)(H,17,20). The van der Waals surface area contributed by atoms with Gasteiger partial charge in [0.15, 0.2) is 0 Å². The van der Waals surface area contributed by atoms with E-state index in [1.165, 1.54) is 0 Å². The van der Waals surface area contributed by atoms with Crippen LogP contribution in [-0.4, -0.2) is 35.8 Å². The number of hydrogen-bond donors (Lipinski definition) is 3. The minimum atomic E-state index is -0.548. The van der Waals surface area contributed by atoms with Gasteiger partial charge >= 0.3 is 6.09 Å². The lowest BCUT2D eigenvalue weighted by Crippen LogP contribution is -2.38. The number of rotatable bonds is 5. The molecule has 1 rings (SSSR count). The number of carbonyl (C=O) groups is 2. The molecule has 0 aliphatic carbocycles. The Labute approximate surface area is 124 Å². The number of aliphatic hydroxyl groups excluding tert-OH is 1. The Kier molecular flexibility index (Phi) is 6.17. The number of alkyl carbamates (subject to hydrolysis) is 1. The van der Waals surface area contributed by atoms with Gasteiger partial charge in [0.25, 0.3) is 5.91 Å². The average molecular weight is 294 g/mol. The highest BCUT2D eigenvalue weighted by atomic mass is 16.6. The van der Waals surface area contributed by atoms with Gasteiger partial charge in [-0.05, 0) is 32.4 Å². The molecule has 0 radical (unpaired) electrons. The van der Waals surface area contributed by atoms with Crippen LogP contribution >= 0.6 is 0 Å². The van der Waals surface area contributed by atoms with E-state index >= 15 is 0 Å². The van der Waals surface area contributed by atoms with Crippen molar-refractivity contribution < 1.29 is 19.4 Å². The second-order valence-electron chi connectivity index (χ2n) is 5.50. The molecule has 0 aliphatic heterocycles. The zero-order chi connectivity index (χ0) is 15.9. The van der Waals surface area contributed by atoms with Crippen LogP contribution in [0, 0.1) is 0 Å². The number of ether oxygens (including phenoxy) is 1. The summed E-state index contributed by atoms with van der Waals surface area (Å²) in [7, 11) is 0. The van der Waals surface area contributed by atoms with Gasteiger partial charge in [-0.2, -0.15) is 0 Å². The van der Waals surface area contributed by atoms with Crippen LogP contribution < -0.4 is 10.6 Å². The Bertz CT molecular complexity index is 495. The second kappa shape index (κ2) is 7.64. The molecule has 0 atom stereocenters. The zero-order valence-corrected chi connectivity index (χ0v) is 12.6. The first-order chi connectivity index (χ1) is 9.83. The molecule has 0 spiro atoms. The topological polar surface area (TPSA) is 87.7 Å². The Morgan fingerprint density at radius 1 is 1.14 bits per heavy atom. The predicted molar refractivity (Wildman–Crippen MR) is 78.9 cm³/mol. The fraction of sp³-hybridized carbons (Fsp3) is 0.467. The first-order valence-corrected chi connectivity index (χ1v) is 6.77. The fourth-order valence-electron chi connectivity index (χ4n) is 1.63. The Morgan fingerprint density at radius 2 is 1.76 bits per heavy atom. The molecule has 3 N–H and O–H groups in total. The van der Waals surface area contributed by atoms with E-state index in [-0.39, 0.29) is 25.6 Å². The van der Waals surface area contributed by atoms with E-state index in [0.717, 1.165) is 0 Å². The summed E-state index contributed by atoms with van der Waals surface area (Å²) in [6.07, 6.45) is -0.521. The number of benzene rings is 1. The number of amides is 2. The summed E-state index contributed by atoms with van der Waals surface area (Å²) in [5.74, 6) is -0.286. The maximum Gasteiger partial charge on any atom is 0.407 e. The highest BCUT2D eigenvalue weighted by Crippen LogP contribution is 2.08. The van der Waals surface area contributed by atoms with Crippen LogP contribution in [0.15, 0.2) is 24.3 Å². The van der Waals surface area contributed by atoms with Gasteiger partial charge in [-0.1, -0.05) is 18.2 Å². The van der Waals surface area contributed by atoms with Crippen molar-refractivity contribution >= 4 is 12.0 Å². The van der Waals surface area contributed by atoms with Crippen molar-refractivity contribution in [1.82, 2.24) is 10.6 Å². The first-order valence-electron chi connectivity index (χ1n) is 6.77. The maximum atomic E-state index is 11.9. The Balaban J connectivity index is 2.36. The quantitative estimate of drug-likeness (QED) is 0.717. The molecule has 6 heteroatoms. The third kappa shape index (κ3) is 6.27. The van der Waals surface area contributed by atoms with E-state index in [0.29, 0.717) is 11.1 Å². The molecule has 0 aliphatic rings. The molecule has 0 unspecified atom stereocenters. The van der Waals surface area contributed by atoms with Crippen molar-refractivity contribution in [3.63, 3.8) is 0 Å². The van der Waals surface area contributed by atoms with E-state index in [1.807, 2.05) is 0 Å². The van der Waals surface area contributed by atoms with Gasteiger partial charge in [0, 0.05) is 18.7 Å². The molecule has 2 amide bonds. The SMILES string of the molecule is CC(C)(C)OC(=O)NCCNC(=O)c1ccccc1CO. The molecule has 0 bridgehead atoms. The van der Waals surface area contributed by atoms with Crippen LogP contribution in [0.2, 0.25) is 0 Å². The summed E-state index contributed by atoms with van der Waals surface area (Å²) in [6.45, 7) is 5.68. The van der Waals surface area contributed by atoms with Gasteiger partial charge in [0.2, 0.25) is 0 Å². The second-order valence-corrected chi connectivity index (χ2v) is 5.50. The summed E-state index contributed by atoms with van der Waals surface area (Å²) in [5, 5.41) is 14.4. The van der Waals surface area contributed by atoms with Crippen LogP contribution in [0.4, 0.5) is 4.79 Å². The first kappa shape index (κ1) is 17.0. The average Bonchev–Trinajstić information content (AvgIpc) is 2.41. The number of aliphatic hydroxyl groups is 1. The molecule has 21 heavy (non-hydrogen) atoms. The van der Waals surface area contributed by atoms with Crippen molar-refractivity contribution in [2.75, 3.05) is 13.1 Å². The van der Waals surface area contributed by atoms with Crippen LogP contribution in [0.1, 0.15) is 36.7 Å². The van der Waals surface area contributed by atoms with Crippen molar-refractivity contribution in [2.45, 2.75) is 33.0 Å². The van der Waals surface area contributed by atoms with Crippen LogP contribution in [0.5, 0.6) is 0 Å². The molecular formula is C15H22N2O4. The summed E-state index contributed by atoms with van der Waals surface area (Å²) >= 11 is 0. The van der Waals surface area contributed by atoms with E-state index in [9.17, 15) is 9.59 Å². The summed E-state index contributed by atoms with van der Waals surface area (Å²) in [4.78, 5) is 23.3. The lowest BCUT2D eigenvalue weighted by atomic mass is 10.1. The van der Waals surface area contributed by atoms with Crippen LogP contribution in [0.25, 0.3) is 0 Å².